The van der Waals surface area contributed by atoms with Gasteiger partial charge in [-0.1, -0.05) is 6.07 Å². The van der Waals surface area contributed by atoms with Gasteiger partial charge in [0, 0.05) is 49.2 Å². The van der Waals surface area contributed by atoms with E-state index in [1.54, 1.807) is 37.5 Å². The summed E-state index contributed by atoms with van der Waals surface area (Å²) in [6, 6.07) is 6.87. The van der Waals surface area contributed by atoms with E-state index < -0.39 is 10.0 Å². The van der Waals surface area contributed by atoms with Crippen LogP contribution in [-0.4, -0.2) is 77.6 Å². The first-order chi connectivity index (χ1) is 17.6. The first-order valence-corrected chi connectivity index (χ1v) is 14.0. The Morgan fingerprint density at radius 2 is 2.05 bits per heavy atom. The number of aromatic nitrogens is 3. The molecule has 1 amide bonds. The summed E-state index contributed by atoms with van der Waals surface area (Å²) in [6.07, 6.45) is 3.47. The number of fused-ring (bicyclic) bond motifs is 1. The molecule has 1 saturated heterocycles. The van der Waals surface area contributed by atoms with Crippen LogP contribution < -0.4 is 15.5 Å². The van der Waals surface area contributed by atoms with E-state index in [4.69, 9.17) is 0 Å². The monoisotopic (exact) mass is 526 g/mol. The van der Waals surface area contributed by atoms with E-state index in [0.29, 0.717) is 30.9 Å². The Morgan fingerprint density at radius 3 is 2.76 bits per heavy atom. The van der Waals surface area contributed by atoms with Crippen molar-refractivity contribution in [1.82, 2.24) is 25.2 Å². The third-order valence-corrected chi connectivity index (χ3v) is 7.42. The summed E-state index contributed by atoms with van der Waals surface area (Å²) in [5, 5.41) is 7.03. The Bertz CT molecular complexity index is 1420. The average molecular weight is 527 g/mol. The summed E-state index contributed by atoms with van der Waals surface area (Å²) >= 11 is 0. The fourth-order valence-electron chi connectivity index (χ4n) is 4.36. The van der Waals surface area contributed by atoms with Crippen LogP contribution in [0.5, 0.6) is 0 Å². The van der Waals surface area contributed by atoms with Crippen molar-refractivity contribution in [3.8, 4) is 0 Å². The number of hydrogen-bond acceptors (Lipinski definition) is 6. The minimum absolute atomic E-state index is 0.000688. The molecule has 3 N–H and O–H groups in total. The third kappa shape index (κ3) is 6.01. The highest BCUT2D eigenvalue weighted by Crippen LogP contribution is 2.28. The molecule has 3 heterocycles. The first-order valence-electron chi connectivity index (χ1n) is 12.4. The fourth-order valence-corrected chi connectivity index (χ4v) is 4.90. The summed E-state index contributed by atoms with van der Waals surface area (Å²) in [5.41, 5.74) is 2.91. The molecule has 11 nitrogen and oxygen atoms in total. The summed E-state index contributed by atoms with van der Waals surface area (Å²) < 4.78 is 29.2. The number of amides is 1. The number of anilines is 2. The molecular weight excluding hydrogens is 492 g/mol. The quantitative estimate of drug-likeness (QED) is 0.330. The van der Waals surface area contributed by atoms with Crippen molar-refractivity contribution in [2.45, 2.75) is 46.7 Å². The van der Waals surface area contributed by atoms with Crippen molar-refractivity contribution >= 4 is 44.4 Å². The Labute approximate surface area is 217 Å². The lowest BCUT2D eigenvalue weighted by atomic mass is 10.1. The Balaban J connectivity index is 1.60. The van der Waals surface area contributed by atoms with Crippen LogP contribution in [0.25, 0.3) is 11.0 Å². The highest BCUT2D eigenvalue weighted by Gasteiger charge is 2.29. The largest absolute Gasteiger partial charge is 0.352 e. The van der Waals surface area contributed by atoms with Gasteiger partial charge in [-0.15, -0.1) is 4.40 Å². The van der Waals surface area contributed by atoms with Gasteiger partial charge in [0.05, 0.1) is 11.1 Å². The van der Waals surface area contributed by atoms with Crippen LogP contribution in [0.4, 0.5) is 11.5 Å². The molecule has 0 aliphatic carbocycles. The molecule has 1 aliphatic rings. The molecule has 4 rings (SSSR count). The summed E-state index contributed by atoms with van der Waals surface area (Å²) in [6.45, 7) is 11.1. The SMILES string of the molecule is CCS(=O)(=O)N=C(Nc1cccc(C(=O)NC(C)C)c1)N1CCN(c2ncnc3[nH]cc(C)c23)C[C@@H]1C. The van der Waals surface area contributed by atoms with Crippen molar-refractivity contribution in [2.24, 2.45) is 4.40 Å². The van der Waals surface area contributed by atoms with Crippen LogP contribution in [0.1, 0.15) is 43.6 Å². The number of aryl methyl sites for hydroxylation is 1. The number of aromatic amines is 1. The fraction of sp³-hybridized carbons (Fsp3) is 0.440. The molecule has 198 valence electrons. The molecule has 1 aliphatic heterocycles. The van der Waals surface area contributed by atoms with Gasteiger partial charge in [0.15, 0.2) is 0 Å². The standard InChI is InChI=1S/C25H34N8O3S/c1-6-37(35,36)31-25(30-20-9-7-8-19(12-20)24(34)29-16(2)3)33-11-10-32(14-18(33)5)23-21-17(4)13-26-22(21)27-15-28-23/h7-9,12-13,15-16,18H,6,10-11,14H2,1-5H3,(H,29,34)(H,30,31)(H,26,27,28)/t18-/m0/s1. The number of benzene rings is 1. The van der Waals surface area contributed by atoms with Gasteiger partial charge < -0.3 is 25.4 Å². The molecule has 0 unspecified atom stereocenters. The van der Waals surface area contributed by atoms with E-state index in [0.717, 1.165) is 22.4 Å². The second-order valence-electron chi connectivity index (χ2n) is 9.50. The molecule has 1 atom stereocenters. The third-order valence-electron chi connectivity index (χ3n) is 6.24. The van der Waals surface area contributed by atoms with Gasteiger partial charge in [0.2, 0.25) is 5.96 Å². The predicted molar refractivity (Wildman–Crippen MR) is 147 cm³/mol. The van der Waals surface area contributed by atoms with Crippen LogP contribution in [0.15, 0.2) is 41.2 Å². The first kappa shape index (κ1) is 26.4. The predicted octanol–water partition coefficient (Wildman–Crippen LogP) is 2.73. The molecule has 2 aromatic heterocycles. The normalized spacial score (nSPS) is 16.9. The number of hydrogen-bond donors (Lipinski definition) is 3. The molecule has 1 aromatic carbocycles. The lowest BCUT2D eigenvalue weighted by Crippen LogP contribution is -2.56. The molecule has 0 radical (unpaired) electrons. The van der Waals surface area contributed by atoms with Gasteiger partial charge in [-0.25, -0.2) is 18.4 Å². The van der Waals surface area contributed by atoms with Crippen molar-refractivity contribution < 1.29 is 13.2 Å². The highest BCUT2D eigenvalue weighted by molar-refractivity contribution is 7.90. The molecular formula is C25H34N8O3S. The number of sulfonamides is 1. The number of nitrogens with one attached hydrogen (secondary N) is 3. The maximum Gasteiger partial charge on any atom is 0.256 e. The van der Waals surface area contributed by atoms with Gasteiger partial charge in [0.1, 0.15) is 17.8 Å². The minimum Gasteiger partial charge on any atom is -0.352 e. The van der Waals surface area contributed by atoms with Gasteiger partial charge in [-0.05, 0) is 58.4 Å². The maximum absolute atomic E-state index is 12.5. The second-order valence-corrected chi connectivity index (χ2v) is 11.4. The van der Waals surface area contributed by atoms with Crippen LogP contribution in [0.2, 0.25) is 0 Å². The molecule has 0 spiro atoms. The molecule has 0 saturated carbocycles. The van der Waals surface area contributed by atoms with E-state index in [2.05, 4.69) is 34.9 Å². The van der Waals surface area contributed by atoms with E-state index in [1.165, 1.54) is 0 Å². The van der Waals surface area contributed by atoms with E-state index in [1.807, 2.05) is 38.8 Å². The Morgan fingerprint density at radius 1 is 1.27 bits per heavy atom. The van der Waals surface area contributed by atoms with Gasteiger partial charge >= 0.3 is 0 Å². The van der Waals surface area contributed by atoms with Crippen LogP contribution in [0, 0.1) is 6.92 Å². The lowest BCUT2D eigenvalue weighted by molar-refractivity contribution is 0.0943. The molecule has 37 heavy (non-hydrogen) atoms. The Hall–Kier alpha value is -3.67. The van der Waals surface area contributed by atoms with Crippen molar-refractivity contribution in [3.63, 3.8) is 0 Å². The maximum atomic E-state index is 12.5. The number of H-pyrrole nitrogens is 1. The minimum atomic E-state index is -3.68. The van der Waals surface area contributed by atoms with E-state index >= 15 is 0 Å². The summed E-state index contributed by atoms with van der Waals surface area (Å²) in [7, 11) is -3.68. The molecule has 1 fully saturated rings. The lowest BCUT2D eigenvalue weighted by Gasteiger charge is -2.42. The Kier molecular flexibility index (Phi) is 7.67. The van der Waals surface area contributed by atoms with Crippen molar-refractivity contribution in [1.29, 1.82) is 0 Å². The van der Waals surface area contributed by atoms with E-state index in [9.17, 15) is 13.2 Å². The number of rotatable bonds is 6. The zero-order chi connectivity index (χ0) is 26.7. The molecule has 3 aromatic rings. The van der Waals surface area contributed by atoms with Crippen LogP contribution >= 0.6 is 0 Å². The summed E-state index contributed by atoms with van der Waals surface area (Å²) in [4.78, 5) is 28.7. The van der Waals surface area contributed by atoms with Gasteiger partial charge in [0.25, 0.3) is 15.9 Å². The second kappa shape index (κ2) is 10.8. The number of piperazine rings is 1. The number of guanidine groups is 1. The molecule has 12 heteroatoms. The molecule has 0 bridgehead atoms. The van der Waals surface area contributed by atoms with Gasteiger partial charge in [-0.3, -0.25) is 4.79 Å². The van der Waals surface area contributed by atoms with E-state index in [-0.39, 0.29) is 29.7 Å². The van der Waals surface area contributed by atoms with Crippen molar-refractivity contribution in [2.75, 3.05) is 35.6 Å². The zero-order valence-electron chi connectivity index (χ0n) is 21.8. The van der Waals surface area contributed by atoms with Crippen molar-refractivity contribution in [3.05, 3.63) is 47.9 Å². The van der Waals surface area contributed by atoms with Crippen LogP contribution in [0.3, 0.4) is 0 Å². The zero-order valence-corrected chi connectivity index (χ0v) is 22.6. The highest BCUT2D eigenvalue weighted by atomic mass is 32.2. The average Bonchev–Trinajstić information content (AvgIpc) is 3.24. The number of carbonyl (C=O) groups excluding carboxylic acids is 1. The summed E-state index contributed by atoms with van der Waals surface area (Å²) in [5.74, 6) is 0.777. The van der Waals surface area contributed by atoms with Crippen LogP contribution in [-0.2, 0) is 10.0 Å². The topological polar surface area (TPSA) is 136 Å². The smallest absolute Gasteiger partial charge is 0.256 e. The number of carbonyl (C=O) groups is 1. The van der Waals surface area contributed by atoms with Gasteiger partial charge in [-0.2, -0.15) is 0 Å². The number of nitrogens with zero attached hydrogens (tertiary/aromatic N) is 5.